The zero-order chi connectivity index (χ0) is 9.84. The Balaban J connectivity index is 2.41. The van der Waals surface area contributed by atoms with Crippen LogP contribution in [0.5, 0.6) is 0 Å². The van der Waals surface area contributed by atoms with E-state index in [1.807, 2.05) is 6.07 Å². The summed E-state index contributed by atoms with van der Waals surface area (Å²) in [7, 11) is 0. The Hall–Kier alpha value is -0.100. The maximum Gasteiger partial charge on any atom is 0.317 e. The fourth-order valence-electron chi connectivity index (χ4n) is 0.771. The molecule has 1 heterocycles. The fraction of sp³-hybridized carbons (Fsp3) is 0.286. The first-order chi connectivity index (χ1) is 6.09. The van der Waals surface area contributed by atoms with Crippen LogP contribution >= 0.6 is 38.9 Å². The highest BCUT2D eigenvalue weighted by atomic mass is 79.9. The summed E-state index contributed by atoms with van der Waals surface area (Å²) in [5, 5.41) is 11.1. The van der Waals surface area contributed by atoms with E-state index in [9.17, 15) is 4.79 Å². The van der Waals surface area contributed by atoms with Crippen LogP contribution < -0.4 is 5.32 Å². The molecular weight excluding hydrogens is 278 g/mol. The third-order valence-corrected chi connectivity index (χ3v) is 3.75. The zero-order valence-corrected chi connectivity index (χ0v) is 9.67. The molecule has 0 aliphatic heterocycles. The van der Waals surface area contributed by atoms with Gasteiger partial charge in [0, 0.05) is 15.9 Å². The number of carboxylic acid groups (broad SMARTS) is 1. The van der Waals surface area contributed by atoms with Crippen LogP contribution in [-0.2, 0) is 11.3 Å². The van der Waals surface area contributed by atoms with Gasteiger partial charge in [0.15, 0.2) is 0 Å². The molecule has 0 spiro atoms. The van der Waals surface area contributed by atoms with Crippen LogP contribution in [0.4, 0.5) is 0 Å². The van der Waals surface area contributed by atoms with E-state index < -0.39 is 5.97 Å². The van der Waals surface area contributed by atoms with Gasteiger partial charge >= 0.3 is 5.97 Å². The van der Waals surface area contributed by atoms with Crippen molar-refractivity contribution in [3.63, 3.8) is 0 Å². The highest BCUT2D eigenvalue weighted by Gasteiger charge is 2.04. The summed E-state index contributed by atoms with van der Waals surface area (Å²) >= 11 is 10.5. The number of carboxylic acids is 1. The summed E-state index contributed by atoms with van der Waals surface area (Å²) in [4.78, 5) is 11.2. The molecular formula is C7H7BrClNO2S. The van der Waals surface area contributed by atoms with E-state index in [4.69, 9.17) is 16.7 Å². The summed E-state index contributed by atoms with van der Waals surface area (Å²) in [6.07, 6.45) is 0. The first-order valence-corrected chi connectivity index (χ1v) is 5.44. The Morgan fingerprint density at radius 1 is 1.77 bits per heavy atom. The molecule has 0 saturated heterocycles. The Kier molecular flexibility index (Phi) is 4.18. The molecule has 3 nitrogen and oxygen atoms in total. The van der Waals surface area contributed by atoms with E-state index >= 15 is 0 Å². The van der Waals surface area contributed by atoms with E-state index in [1.165, 1.54) is 11.3 Å². The van der Waals surface area contributed by atoms with Gasteiger partial charge in [-0.15, -0.1) is 11.3 Å². The van der Waals surface area contributed by atoms with Gasteiger partial charge in [0.2, 0.25) is 0 Å². The Morgan fingerprint density at radius 3 is 2.92 bits per heavy atom. The highest BCUT2D eigenvalue weighted by Crippen LogP contribution is 2.31. The molecule has 0 unspecified atom stereocenters. The van der Waals surface area contributed by atoms with Crippen molar-refractivity contribution in [2.24, 2.45) is 0 Å². The lowest BCUT2D eigenvalue weighted by Crippen LogP contribution is -2.21. The first-order valence-electron chi connectivity index (χ1n) is 3.46. The van der Waals surface area contributed by atoms with Gasteiger partial charge < -0.3 is 10.4 Å². The summed E-state index contributed by atoms with van der Waals surface area (Å²) in [6, 6.07) is 1.88. The number of nitrogens with one attached hydrogen (secondary N) is 1. The van der Waals surface area contributed by atoms with Gasteiger partial charge in [-0.05, 0) is 22.0 Å². The topological polar surface area (TPSA) is 49.3 Å². The Bertz CT molecular complexity index is 296. The third kappa shape index (κ3) is 3.64. The van der Waals surface area contributed by atoms with E-state index in [2.05, 4.69) is 21.2 Å². The minimum atomic E-state index is -0.860. The van der Waals surface area contributed by atoms with E-state index in [0.29, 0.717) is 10.9 Å². The molecule has 0 radical (unpaired) electrons. The maximum atomic E-state index is 10.2. The van der Waals surface area contributed by atoms with Gasteiger partial charge in [-0.3, -0.25) is 4.79 Å². The molecule has 0 fully saturated rings. The van der Waals surface area contributed by atoms with Gasteiger partial charge in [0.1, 0.15) is 4.34 Å². The largest absolute Gasteiger partial charge is 0.480 e. The van der Waals surface area contributed by atoms with Crippen molar-refractivity contribution in [3.05, 3.63) is 19.8 Å². The van der Waals surface area contributed by atoms with Crippen LogP contribution in [0, 0.1) is 0 Å². The van der Waals surface area contributed by atoms with Crippen molar-refractivity contribution in [1.82, 2.24) is 5.32 Å². The molecule has 1 aromatic heterocycles. The zero-order valence-electron chi connectivity index (χ0n) is 6.51. The minimum Gasteiger partial charge on any atom is -0.480 e. The molecule has 0 aliphatic rings. The molecule has 0 atom stereocenters. The molecule has 0 bridgehead atoms. The third-order valence-electron chi connectivity index (χ3n) is 1.27. The van der Waals surface area contributed by atoms with Crippen LogP contribution in [0.1, 0.15) is 4.88 Å². The van der Waals surface area contributed by atoms with Gasteiger partial charge in [-0.25, -0.2) is 0 Å². The van der Waals surface area contributed by atoms with Gasteiger partial charge in [0.25, 0.3) is 0 Å². The molecule has 6 heteroatoms. The smallest absolute Gasteiger partial charge is 0.317 e. The SMILES string of the molecule is O=C(O)CNCc1cc(Br)c(Cl)s1. The predicted molar refractivity (Wildman–Crippen MR) is 56.4 cm³/mol. The molecule has 0 amide bonds. The van der Waals surface area contributed by atoms with Crippen molar-refractivity contribution in [1.29, 1.82) is 0 Å². The number of rotatable bonds is 4. The highest BCUT2D eigenvalue weighted by molar-refractivity contribution is 9.10. The number of halogens is 2. The molecule has 1 rings (SSSR count). The molecule has 13 heavy (non-hydrogen) atoms. The van der Waals surface area contributed by atoms with Crippen LogP contribution in [-0.4, -0.2) is 17.6 Å². The normalized spacial score (nSPS) is 10.3. The van der Waals surface area contributed by atoms with Crippen molar-refractivity contribution in [3.8, 4) is 0 Å². The van der Waals surface area contributed by atoms with Crippen molar-refractivity contribution in [2.75, 3.05) is 6.54 Å². The van der Waals surface area contributed by atoms with E-state index in [-0.39, 0.29) is 6.54 Å². The lowest BCUT2D eigenvalue weighted by atomic mass is 10.4. The van der Waals surface area contributed by atoms with Gasteiger partial charge in [0.05, 0.1) is 6.54 Å². The quantitative estimate of drug-likeness (QED) is 0.892. The molecule has 0 aliphatic carbocycles. The summed E-state index contributed by atoms with van der Waals surface area (Å²) in [6.45, 7) is 0.495. The second-order valence-corrected chi connectivity index (χ2v) is 4.92. The van der Waals surface area contributed by atoms with Crippen molar-refractivity contribution in [2.45, 2.75) is 6.54 Å². The summed E-state index contributed by atoms with van der Waals surface area (Å²) in [5.41, 5.74) is 0. The Labute approximate surface area is 92.8 Å². The summed E-state index contributed by atoms with van der Waals surface area (Å²) in [5.74, 6) is -0.860. The lowest BCUT2D eigenvalue weighted by Gasteiger charge is -1.96. The molecule has 2 N–H and O–H groups in total. The van der Waals surface area contributed by atoms with E-state index in [0.717, 1.165) is 9.35 Å². The Morgan fingerprint density at radius 2 is 2.46 bits per heavy atom. The van der Waals surface area contributed by atoms with Crippen LogP contribution in [0.25, 0.3) is 0 Å². The average Bonchev–Trinajstić information content (AvgIpc) is 2.30. The average molecular weight is 285 g/mol. The lowest BCUT2D eigenvalue weighted by molar-refractivity contribution is -0.135. The minimum absolute atomic E-state index is 0.0346. The summed E-state index contributed by atoms with van der Waals surface area (Å²) < 4.78 is 1.54. The first kappa shape index (κ1) is 11.0. The second-order valence-electron chi connectivity index (χ2n) is 2.33. The number of thiophene rings is 1. The maximum absolute atomic E-state index is 10.2. The molecule has 0 saturated carbocycles. The number of aliphatic carboxylic acids is 1. The molecule has 72 valence electrons. The number of hydrogen-bond donors (Lipinski definition) is 2. The van der Waals surface area contributed by atoms with Crippen LogP contribution in [0.15, 0.2) is 10.5 Å². The predicted octanol–water partition coefficient (Wildman–Crippen LogP) is 2.34. The second kappa shape index (κ2) is 4.95. The molecule has 1 aromatic rings. The number of hydrogen-bond acceptors (Lipinski definition) is 3. The van der Waals surface area contributed by atoms with Crippen molar-refractivity contribution < 1.29 is 9.90 Å². The monoisotopic (exact) mass is 283 g/mol. The number of carbonyl (C=O) groups is 1. The van der Waals surface area contributed by atoms with Crippen LogP contribution in [0.2, 0.25) is 4.34 Å². The fourth-order valence-corrected chi connectivity index (χ4v) is 2.53. The molecule has 0 aromatic carbocycles. The van der Waals surface area contributed by atoms with Gasteiger partial charge in [-0.2, -0.15) is 0 Å². The van der Waals surface area contributed by atoms with Crippen LogP contribution in [0.3, 0.4) is 0 Å². The van der Waals surface area contributed by atoms with E-state index in [1.54, 1.807) is 0 Å². The van der Waals surface area contributed by atoms with Crippen molar-refractivity contribution >= 4 is 44.8 Å². The van der Waals surface area contributed by atoms with Gasteiger partial charge in [-0.1, -0.05) is 11.6 Å². The standard InChI is InChI=1S/C7H7BrClNO2S/c8-5-1-4(13-7(5)9)2-10-3-6(11)12/h1,10H,2-3H2,(H,11,12).